The fourth-order valence-electron chi connectivity index (χ4n) is 2.81. The summed E-state index contributed by atoms with van der Waals surface area (Å²) in [6, 6.07) is 0. The Morgan fingerprint density at radius 3 is 2.39 bits per heavy atom. The zero-order valence-electron chi connectivity index (χ0n) is 12.4. The average Bonchev–Trinajstić information content (AvgIpc) is 2.72. The Balaban J connectivity index is 2.07. The molecule has 0 aliphatic carbocycles. The molecule has 1 fully saturated rings. The molecule has 1 aliphatic heterocycles. The van der Waals surface area contributed by atoms with Gasteiger partial charge in [0, 0.05) is 19.0 Å². The van der Waals surface area contributed by atoms with Gasteiger partial charge in [-0.3, -0.25) is 4.79 Å². The van der Waals surface area contributed by atoms with Gasteiger partial charge in [-0.05, 0) is 19.3 Å². The van der Waals surface area contributed by atoms with Gasteiger partial charge >= 0.3 is 0 Å². The number of amides is 1. The quantitative estimate of drug-likeness (QED) is 0.529. The molecule has 1 saturated heterocycles. The van der Waals surface area contributed by atoms with Gasteiger partial charge in [0.15, 0.2) is 0 Å². The van der Waals surface area contributed by atoms with E-state index in [0.29, 0.717) is 11.8 Å². The highest BCUT2D eigenvalue weighted by Crippen LogP contribution is 2.24. The predicted molar refractivity (Wildman–Crippen MR) is 77.6 cm³/mol. The van der Waals surface area contributed by atoms with Crippen molar-refractivity contribution in [3.8, 4) is 0 Å². The van der Waals surface area contributed by atoms with Crippen LogP contribution in [-0.2, 0) is 4.79 Å². The molecule has 1 rings (SSSR count). The van der Waals surface area contributed by atoms with Crippen LogP contribution in [0.25, 0.3) is 0 Å². The number of carbonyl (C=O) groups is 1. The van der Waals surface area contributed by atoms with Gasteiger partial charge in [0.2, 0.25) is 5.91 Å². The van der Waals surface area contributed by atoms with Crippen LogP contribution in [0.4, 0.5) is 0 Å². The summed E-state index contributed by atoms with van der Waals surface area (Å²) in [5.41, 5.74) is 0. The molecule has 0 aromatic carbocycles. The largest absolute Gasteiger partial charge is 0.342 e. The summed E-state index contributed by atoms with van der Waals surface area (Å²) in [5.74, 6) is 0.796. The molecule has 0 spiro atoms. The van der Waals surface area contributed by atoms with Crippen LogP contribution in [0.1, 0.15) is 78.1 Å². The number of hydrogen-bond donors (Lipinski definition) is 0. The Labute approximate surface area is 113 Å². The van der Waals surface area contributed by atoms with Crippen LogP contribution in [0.5, 0.6) is 0 Å². The summed E-state index contributed by atoms with van der Waals surface area (Å²) in [5, 5.41) is 0. The first kappa shape index (κ1) is 15.5. The predicted octanol–water partition coefficient (Wildman–Crippen LogP) is 4.39. The highest BCUT2D eigenvalue weighted by Gasteiger charge is 2.30. The Kier molecular flexibility index (Phi) is 8.11. The smallest absolute Gasteiger partial charge is 0.225 e. The number of hydrogen-bond acceptors (Lipinski definition) is 1. The minimum atomic E-state index is 0.355. The lowest BCUT2D eigenvalue weighted by Crippen LogP contribution is -2.28. The first-order valence-electron chi connectivity index (χ1n) is 8.08. The third kappa shape index (κ3) is 5.41. The Morgan fingerprint density at radius 2 is 1.67 bits per heavy atom. The van der Waals surface area contributed by atoms with Gasteiger partial charge in [0.25, 0.3) is 0 Å². The zero-order valence-corrected chi connectivity index (χ0v) is 12.4. The fraction of sp³-hybridized carbons (Fsp3) is 0.938. The number of carbonyl (C=O) groups excluding carboxylic acids is 1. The lowest BCUT2D eigenvalue weighted by Gasteiger charge is -2.16. The molecule has 2 heteroatoms. The first-order chi connectivity index (χ1) is 8.79. The summed E-state index contributed by atoms with van der Waals surface area (Å²) in [6.45, 7) is 6.44. The van der Waals surface area contributed by atoms with Crippen molar-refractivity contribution in [1.82, 2.24) is 4.90 Å². The maximum Gasteiger partial charge on any atom is 0.225 e. The van der Waals surface area contributed by atoms with E-state index in [2.05, 4.69) is 18.7 Å². The molecule has 0 N–H and O–H groups in total. The second kappa shape index (κ2) is 9.41. The summed E-state index contributed by atoms with van der Waals surface area (Å²) >= 11 is 0. The maximum absolute atomic E-state index is 12.1. The SMILES string of the molecule is CCCCCCCC[C@H]1CCN(CCCC)C1=O. The Bertz CT molecular complexity index is 227. The van der Waals surface area contributed by atoms with Crippen LogP contribution in [0.2, 0.25) is 0 Å². The molecule has 0 bridgehead atoms. The molecule has 0 unspecified atom stereocenters. The summed E-state index contributed by atoms with van der Waals surface area (Å²) in [7, 11) is 0. The molecule has 106 valence electrons. The maximum atomic E-state index is 12.1. The molecule has 18 heavy (non-hydrogen) atoms. The van der Waals surface area contributed by atoms with Gasteiger partial charge in [-0.25, -0.2) is 0 Å². The van der Waals surface area contributed by atoms with E-state index in [0.717, 1.165) is 32.4 Å². The highest BCUT2D eigenvalue weighted by atomic mass is 16.2. The van der Waals surface area contributed by atoms with Crippen molar-refractivity contribution in [3.05, 3.63) is 0 Å². The molecule has 0 aromatic heterocycles. The molecule has 0 saturated carbocycles. The van der Waals surface area contributed by atoms with Gasteiger partial charge in [-0.15, -0.1) is 0 Å². The van der Waals surface area contributed by atoms with Crippen molar-refractivity contribution in [2.45, 2.75) is 78.1 Å². The molecule has 2 nitrogen and oxygen atoms in total. The number of nitrogens with zero attached hydrogens (tertiary/aromatic N) is 1. The van der Waals surface area contributed by atoms with E-state index in [-0.39, 0.29) is 0 Å². The van der Waals surface area contributed by atoms with Crippen molar-refractivity contribution < 1.29 is 4.79 Å². The molecule has 0 aromatic rings. The second-order valence-corrected chi connectivity index (χ2v) is 5.72. The van der Waals surface area contributed by atoms with Gasteiger partial charge < -0.3 is 4.90 Å². The van der Waals surface area contributed by atoms with Gasteiger partial charge in [-0.1, -0.05) is 58.8 Å². The van der Waals surface area contributed by atoms with Crippen molar-refractivity contribution in [2.24, 2.45) is 5.92 Å². The van der Waals surface area contributed by atoms with Gasteiger partial charge in [-0.2, -0.15) is 0 Å². The van der Waals surface area contributed by atoms with Crippen LogP contribution >= 0.6 is 0 Å². The third-order valence-electron chi connectivity index (χ3n) is 4.10. The van der Waals surface area contributed by atoms with Crippen LogP contribution < -0.4 is 0 Å². The zero-order chi connectivity index (χ0) is 13.2. The molecule has 1 atom stereocenters. The van der Waals surface area contributed by atoms with Crippen molar-refractivity contribution in [3.63, 3.8) is 0 Å². The minimum absolute atomic E-state index is 0.355. The topological polar surface area (TPSA) is 20.3 Å². The summed E-state index contributed by atoms with van der Waals surface area (Å²) in [6.07, 6.45) is 12.6. The molecule has 1 heterocycles. The number of likely N-dealkylation sites (tertiary alicyclic amines) is 1. The van der Waals surface area contributed by atoms with Gasteiger partial charge in [0.05, 0.1) is 0 Å². The molecular formula is C16H31NO. The highest BCUT2D eigenvalue weighted by molar-refractivity contribution is 5.80. The monoisotopic (exact) mass is 253 g/mol. The van der Waals surface area contributed by atoms with E-state index in [9.17, 15) is 4.79 Å². The standard InChI is InChI=1S/C16H31NO/c1-3-5-7-8-9-10-11-15-12-14-17(16(15)18)13-6-4-2/h15H,3-14H2,1-2H3/t15-/m0/s1. The second-order valence-electron chi connectivity index (χ2n) is 5.72. The lowest BCUT2D eigenvalue weighted by atomic mass is 9.99. The third-order valence-corrected chi connectivity index (χ3v) is 4.10. The van der Waals surface area contributed by atoms with Crippen molar-refractivity contribution in [2.75, 3.05) is 13.1 Å². The van der Waals surface area contributed by atoms with E-state index in [1.54, 1.807) is 0 Å². The minimum Gasteiger partial charge on any atom is -0.342 e. The van der Waals surface area contributed by atoms with E-state index in [1.165, 1.54) is 44.9 Å². The van der Waals surface area contributed by atoms with E-state index < -0.39 is 0 Å². The van der Waals surface area contributed by atoms with E-state index >= 15 is 0 Å². The van der Waals surface area contributed by atoms with Gasteiger partial charge in [0.1, 0.15) is 0 Å². The first-order valence-corrected chi connectivity index (χ1v) is 8.08. The van der Waals surface area contributed by atoms with Crippen LogP contribution in [-0.4, -0.2) is 23.9 Å². The fourth-order valence-corrected chi connectivity index (χ4v) is 2.81. The molecule has 1 aliphatic rings. The van der Waals surface area contributed by atoms with Crippen molar-refractivity contribution in [1.29, 1.82) is 0 Å². The van der Waals surface area contributed by atoms with Crippen molar-refractivity contribution >= 4 is 5.91 Å². The normalized spacial score (nSPS) is 19.8. The molecule has 1 amide bonds. The Morgan fingerprint density at radius 1 is 1.00 bits per heavy atom. The summed E-state index contributed by atoms with van der Waals surface area (Å²) in [4.78, 5) is 14.2. The number of unbranched alkanes of at least 4 members (excludes halogenated alkanes) is 6. The number of rotatable bonds is 10. The van der Waals surface area contributed by atoms with E-state index in [1.807, 2.05) is 0 Å². The van der Waals surface area contributed by atoms with Crippen LogP contribution in [0, 0.1) is 5.92 Å². The van der Waals surface area contributed by atoms with Crippen LogP contribution in [0.3, 0.4) is 0 Å². The van der Waals surface area contributed by atoms with Crippen LogP contribution in [0.15, 0.2) is 0 Å². The molecular weight excluding hydrogens is 222 g/mol. The molecule has 0 radical (unpaired) electrons. The lowest BCUT2D eigenvalue weighted by molar-refractivity contribution is -0.131. The summed E-state index contributed by atoms with van der Waals surface area (Å²) < 4.78 is 0. The average molecular weight is 253 g/mol. The van der Waals surface area contributed by atoms with E-state index in [4.69, 9.17) is 0 Å². The Hall–Kier alpha value is -0.530.